The number of hydrogen-bond acceptors (Lipinski definition) is 3. The molecule has 0 unspecified atom stereocenters. The molecule has 0 fully saturated rings. The van der Waals surface area contributed by atoms with Gasteiger partial charge in [0.25, 0.3) is 0 Å². The molecule has 0 aliphatic heterocycles. The van der Waals surface area contributed by atoms with Gasteiger partial charge < -0.3 is 9.73 Å². The minimum absolute atomic E-state index is 0.0211. The van der Waals surface area contributed by atoms with Crippen molar-refractivity contribution in [1.82, 2.24) is 0 Å². The van der Waals surface area contributed by atoms with Gasteiger partial charge in [0.1, 0.15) is 11.5 Å². The number of ketones is 1. The maximum atomic E-state index is 12.0. The molecular weight excluding hydrogens is 278 g/mol. The number of hydrogen-bond donors (Lipinski definition) is 1. The van der Waals surface area contributed by atoms with Crippen molar-refractivity contribution in [2.45, 2.75) is 40.5 Å². The van der Waals surface area contributed by atoms with E-state index in [1.807, 2.05) is 32.0 Å². The standard InChI is InChI=1S/C18H21NO3/c1-11-5-7-17(12(2)9-11)19-18(21)8-6-15-10-16(13(3)20)14(4)22-15/h5,7,9-10H,6,8H2,1-4H3,(H,19,21). The van der Waals surface area contributed by atoms with Gasteiger partial charge in [-0.2, -0.15) is 0 Å². The number of rotatable bonds is 5. The number of anilines is 1. The van der Waals surface area contributed by atoms with Crippen molar-refractivity contribution in [1.29, 1.82) is 0 Å². The minimum atomic E-state index is -0.0645. The summed E-state index contributed by atoms with van der Waals surface area (Å²) in [6.45, 7) is 7.26. The van der Waals surface area contributed by atoms with Crippen LogP contribution in [0.15, 0.2) is 28.7 Å². The molecule has 0 saturated heterocycles. The van der Waals surface area contributed by atoms with Crippen molar-refractivity contribution in [3.05, 3.63) is 52.5 Å². The lowest BCUT2D eigenvalue weighted by Crippen LogP contribution is -2.13. The molecule has 116 valence electrons. The highest BCUT2D eigenvalue weighted by Crippen LogP contribution is 2.18. The summed E-state index contributed by atoms with van der Waals surface area (Å²) in [6.07, 6.45) is 0.794. The highest BCUT2D eigenvalue weighted by molar-refractivity contribution is 5.95. The van der Waals surface area contributed by atoms with Crippen LogP contribution in [0.1, 0.15) is 46.3 Å². The first-order valence-electron chi connectivity index (χ1n) is 7.34. The lowest BCUT2D eigenvalue weighted by molar-refractivity contribution is -0.116. The van der Waals surface area contributed by atoms with Gasteiger partial charge in [0, 0.05) is 18.5 Å². The van der Waals surface area contributed by atoms with Crippen LogP contribution in [0.2, 0.25) is 0 Å². The van der Waals surface area contributed by atoms with E-state index >= 15 is 0 Å². The number of amides is 1. The number of nitrogens with one attached hydrogen (secondary N) is 1. The quantitative estimate of drug-likeness (QED) is 0.850. The van der Waals surface area contributed by atoms with Crippen molar-refractivity contribution in [2.24, 2.45) is 0 Å². The summed E-state index contributed by atoms with van der Waals surface area (Å²) >= 11 is 0. The molecule has 0 aliphatic carbocycles. The Morgan fingerprint density at radius 1 is 1.14 bits per heavy atom. The topological polar surface area (TPSA) is 59.3 Å². The normalized spacial score (nSPS) is 10.5. The third kappa shape index (κ3) is 3.85. The molecule has 0 aliphatic rings. The fraction of sp³-hybridized carbons (Fsp3) is 0.333. The largest absolute Gasteiger partial charge is 0.466 e. The lowest BCUT2D eigenvalue weighted by atomic mass is 10.1. The van der Waals surface area contributed by atoms with Gasteiger partial charge in [-0.15, -0.1) is 0 Å². The molecule has 1 amide bonds. The predicted octanol–water partition coefficient (Wildman–Crippen LogP) is 3.98. The fourth-order valence-corrected chi connectivity index (χ4v) is 2.42. The Morgan fingerprint density at radius 2 is 1.86 bits per heavy atom. The lowest BCUT2D eigenvalue weighted by Gasteiger charge is -2.08. The smallest absolute Gasteiger partial charge is 0.224 e. The van der Waals surface area contributed by atoms with E-state index in [9.17, 15) is 9.59 Å². The van der Waals surface area contributed by atoms with Crippen LogP contribution in [0.5, 0.6) is 0 Å². The average molecular weight is 299 g/mol. The van der Waals surface area contributed by atoms with Crippen LogP contribution in [-0.4, -0.2) is 11.7 Å². The zero-order valence-corrected chi connectivity index (χ0v) is 13.4. The molecule has 22 heavy (non-hydrogen) atoms. The Bertz CT molecular complexity index is 713. The Balaban J connectivity index is 1.95. The molecule has 0 spiro atoms. The summed E-state index contributed by atoms with van der Waals surface area (Å²) in [5.41, 5.74) is 3.62. The van der Waals surface area contributed by atoms with E-state index in [4.69, 9.17) is 4.42 Å². The van der Waals surface area contributed by atoms with Crippen LogP contribution in [0.4, 0.5) is 5.69 Å². The molecule has 2 rings (SSSR count). The summed E-state index contributed by atoms with van der Waals surface area (Å²) in [6, 6.07) is 7.64. The molecular formula is C18H21NO3. The molecule has 4 nitrogen and oxygen atoms in total. The van der Waals surface area contributed by atoms with Crippen LogP contribution < -0.4 is 5.32 Å². The van der Waals surface area contributed by atoms with Crippen LogP contribution >= 0.6 is 0 Å². The van der Waals surface area contributed by atoms with Gasteiger partial charge in [-0.05, 0) is 45.4 Å². The van der Waals surface area contributed by atoms with Gasteiger partial charge in [0.2, 0.25) is 5.91 Å². The van der Waals surface area contributed by atoms with Crippen molar-refractivity contribution in [2.75, 3.05) is 5.32 Å². The third-order valence-corrected chi connectivity index (χ3v) is 3.60. The molecule has 0 radical (unpaired) electrons. The summed E-state index contributed by atoms with van der Waals surface area (Å²) < 4.78 is 5.52. The monoisotopic (exact) mass is 299 g/mol. The Morgan fingerprint density at radius 3 is 2.45 bits per heavy atom. The minimum Gasteiger partial charge on any atom is -0.466 e. The van der Waals surface area contributed by atoms with Crippen molar-refractivity contribution < 1.29 is 14.0 Å². The van der Waals surface area contributed by atoms with Gasteiger partial charge in [-0.25, -0.2) is 0 Å². The van der Waals surface area contributed by atoms with E-state index in [-0.39, 0.29) is 11.7 Å². The van der Waals surface area contributed by atoms with Gasteiger partial charge in [-0.1, -0.05) is 17.7 Å². The highest BCUT2D eigenvalue weighted by Gasteiger charge is 2.12. The van der Waals surface area contributed by atoms with Gasteiger partial charge in [0.05, 0.1) is 5.56 Å². The molecule has 2 aromatic rings. The maximum Gasteiger partial charge on any atom is 0.224 e. The van der Waals surface area contributed by atoms with Crippen LogP contribution in [0.3, 0.4) is 0 Å². The van der Waals surface area contributed by atoms with E-state index in [1.54, 1.807) is 13.0 Å². The van der Waals surface area contributed by atoms with Crippen LogP contribution in [0.25, 0.3) is 0 Å². The van der Waals surface area contributed by atoms with Gasteiger partial charge >= 0.3 is 0 Å². The van der Waals surface area contributed by atoms with Crippen LogP contribution in [0, 0.1) is 20.8 Å². The first kappa shape index (κ1) is 16.0. The number of furan rings is 1. The Labute approximate surface area is 130 Å². The zero-order chi connectivity index (χ0) is 16.3. The number of carbonyl (C=O) groups is 2. The number of Topliss-reactive ketones (excluding diaryl/α,β-unsaturated/α-hetero) is 1. The molecule has 0 saturated carbocycles. The molecule has 1 heterocycles. The summed E-state index contributed by atoms with van der Waals surface area (Å²) in [5.74, 6) is 1.19. The molecule has 1 aromatic carbocycles. The molecule has 4 heteroatoms. The van der Waals surface area contributed by atoms with E-state index in [2.05, 4.69) is 5.32 Å². The second kappa shape index (κ2) is 6.60. The van der Waals surface area contributed by atoms with E-state index in [1.165, 1.54) is 12.5 Å². The number of benzene rings is 1. The highest BCUT2D eigenvalue weighted by atomic mass is 16.3. The molecule has 1 N–H and O–H groups in total. The molecule has 0 bridgehead atoms. The van der Waals surface area contributed by atoms with Crippen molar-refractivity contribution >= 4 is 17.4 Å². The second-order valence-electron chi connectivity index (χ2n) is 5.61. The van der Waals surface area contributed by atoms with Gasteiger partial charge in [-0.3, -0.25) is 9.59 Å². The maximum absolute atomic E-state index is 12.0. The van der Waals surface area contributed by atoms with E-state index in [0.717, 1.165) is 11.3 Å². The van der Waals surface area contributed by atoms with Crippen molar-refractivity contribution in [3.63, 3.8) is 0 Å². The average Bonchev–Trinajstić information content (AvgIpc) is 2.81. The van der Waals surface area contributed by atoms with E-state index in [0.29, 0.717) is 29.9 Å². The van der Waals surface area contributed by atoms with Gasteiger partial charge in [0.15, 0.2) is 5.78 Å². The summed E-state index contributed by atoms with van der Waals surface area (Å²) in [4.78, 5) is 23.4. The van der Waals surface area contributed by atoms with Crippen LogP contribution in [-0.2, 0) is 11.2 Å². The van der Waals surface area contributed by atoms with Crippen molar-refractivity contribution in [3.8, 4) is 0 Å². The molecule has 1 aromatic heterocycles. The number of carbonyl (C=O) groups excluding carboxylic acids is 2. The summed E-state index contributed by atoms with van der Waals surface area (Å²) in [7, 11) is 0. The fourth-order valence-electron chi connectivity index (χ4n) is 2.42. The Kier molecular flexibility index (Phi) is 4.81. The SMILES string of the molecule is CC(=O)c1cc(CCC(=O)Nc2ccc(C)cc2C)oc1C. The predicted molar refractivity (Wildman–Crippen MR) is 86.3 cm³/mol. The zero-order valence-electron chi connectivity index (χ0n) is 13.4. The summed E-state index contributed by atoms with van der Waals surface area (Å²) in [5, 5.41) is 2.90. The Hall–Kier alpha value is -2.36. The van der Waals surface area contributed by atoms with E-state index < -0.39 is 0 Å². The first-order chi connectivity index (χ1) is 10.4. The second-order valence-corrected chi connectivity index (χ2v) is 5.61. The molecule has 0 atom stereocenters. The number of aryl methyl sites for hydroxylation is 4. The first-order valence-corrected chi connectivity index (χ1v) is 7.34. The third-order valence-electron chi connectivity index (χ3n) is 3.60.